The van der Waals surface area contributed by atoms with Crippen LogP contribution in [0.3, 0.4) is 0 Å². The lowest BCUT2D eigenvalue weighted by atomic mass is 10.2. The van der Waals surface area contributed by atoms with E-state index in [-0.39, 0.29) is 23.3 Å². The molecule has 0 unspecified atom stereocenters. The Morgan fingerprint density at radius 3 is 2.90 bits per heavy atom. The van der Waals surface area contributed by atoms with E-state index in [1.165, 1.54) is 13.2 Å². The van der Waals surface area contributed by atoms with Crippen molar-refractivity contribution in [1.82, 2.24) is 4.72 Å². The number of halogens is 2. The summed E-state index contributed by atoms with van der Waals surface area (Å²) in [5.74, 6) is 0.231. The van der Waals surface area contributed by atoms with Crippen molar-refractivity contribution in [2.75, 3.05) is 20.3 Å². The third-order valence-electron chi connectivity index (χ3n) is 2.99. The maximum absolute atomic E-state index is 12.3. The van der Waals surface area contributed by atoms with Gasteiger partial charge in [-0.05, 0) is 40.9 Å². The van der Waals surface area contributed by atoms with Gasteiger partial charge in [-0.25, -0.2) is 13.1 Å². The normalized spacial score (nSPS) is 19.2. The number of hydrogen-bond acceptors (Lipinski definition) is 4. The number of ether oxygens (including phenoxy) is 2. The molecular weight excluding hydrogens is 370 g/mol. The molecule has 0 aliphatic carbocycles. The molecule has 8 heteroatoms. The number of benzene rings is 1. The van der Waals surface area contributed by atoms with Crippen molar-refractivity contribution in [2.24, 2.45) is 0 Å². The average molecular weight is 385 g/mol. The van der Waals surface area contributed by atoms with Gasteiger partial charge in [0.1, 0.15) is 4.90 Å². The second-order valence-corrected chi connectivity index (χ2v) is 7.43. The summed E-state index contributed by atoms with van der Waals surface area (Å²) in [6, 6.07) is 2.95. The van der Waals surface area contributed by atoms with Crippen LogP contribution < -0.4 is 9.46 Å². The molecule has 5 nitrogen and oxygen atoms in total. The van der Waals surface area contributed by atoms with Crippen LogP contribution in [0.1, 0.15) is 12.8 Å². The third kappa shape index (κ3) is 3.65. The lowest BCUT2D eigenvalue weighted by Crippen LogP contribution is -2.32. The smallest absolute Gasteiger partial charge is 0.244 e. The molecule has 1 atom stereocenters. The van der Waals surface area contributed by atoms with Crippen LogP contribution in [0.2, 0.25) is 5.02 Å². The summed E-state index contributed by atoms with van der Waals surface area (Å²) in [4.78, 5) is 0.0115. The van der Waals surface area contributed by atoms with Gasteiger partial charge in [0.15, 0.2) is 5.75 Å². The fourth-order valence-electron chi connectivity index (χ4n) is 2.02. The van der Waals surface area contributed by atoms with Gasteiger partial charge >= 0.3 is 0 Å². The minimum Gasteiger partial charge on any atom is -0.494 e. The Kier molecular flexibility index (Phi) is 5.30. The van der Waals surface area contributed by atoms with E-state index in [1.807, 2.05) is 0 Å². The van der Waals surface area contributed by atoms with Crippen LogP contribution >= 0.6 is 27.5 Å². The molecule has 1 N–H and O–H groups in total. The molecule has 0 amide bonds. The van der Waals surface area contributed by atoms with E-state index in [2.05, 4.69) is 20.7 Å². The number of methoxy groups -OCH3 is 1. The summed E-state index contributed by atoms with van der Waals surface area (Å²) in [5, 5.41) is 0.315. The molecular formula is C12H15BrClNO4S. The fraction of sp³-hybridized carbons (Fsp3) is 0.500. The first-order valence-electron chi connectivity index (χ1n) is 6.08. The maximum atomic E-state index is 12.3. The van der Waals surface area contributed by atoms with E-state index in [0.717, 1.165) is 12.8 Å². The summed E-state index contributed by atoms with van der Waals surface area (Å²) >= 11 is 9.15. The second kappa shape index (κ2) is 6.62. The summed E-state index contributed by atoms with van der Waals surface area (Å²) in [5.41, 5.74) is 0. The van der Waals surface area contributed by atoms with Crippen molar-refractivity contribution in [1.29, 1.82) is 0 Å². The minimum absolute atomic E-state index is 0.0115. The Balaban J connectivity index is 2.24. The van der Waals surface area contributed by atoms with Crippen molar-refractivity contribution in [2.45, 2.75) is 23.8 Å². The summed E-state index contributed by atoms with van der Waals surface area (Å²) in [6.45, 7) is 0.925. The Hall–Kier alpha value is -0.340. The monoisotopic (exact) mass is 383 g/mol. The van der Waals surface area contributed by atoms with Crippen molar-refractivity contribution in [3.05, 3.63) is 21.6 Å². The van der Waals surface area contributed by atoms with Crippen LogP contribution in [0.4, 0.5) is 0 Å². The molecule has 1 fully saturated rings. The highest BCUT2D eigenvalue weighted by atomic mass is 79.9. The summed E-state index contributed by atoms with van der Waals surface area (Å²) < 4.78 is 38.2. The Labute approximate surface area is 131 Å². The van der Waals surface area contributed by atoms with Crippen molar-refractivity contribution < 1.29 is 17.9 Å². The fourth-order valence-corrected chi connectivity index (χ4v) is 4.47. The van der Waals surface area contributed by atoms with Crippen molar-refractivity contribution >= 4 is 37.6 Å². The highest BCUT2D eigenvalue weighted by Gasteiger charge is 2.24. The van der Waals surface area contributed by atoms with Crippen molar-refractivity contribution in [3.8, 4) is 5.75 Å². The molecule has 0 radical (unpaired) electrons. The topological polar surface area (TPSA) is 64.6 Å². The van der Waals surface area contributed by atoms with Crippen LogP contribution in [-0.4, -0.2) is 34.8 Å². The van der Waals surface area contributed by atoms with Crippen LogP contribution in [0.15, 0.2) is 21.5 Å². The van der Waals surface area contributed by atoms with E-state index >= 15 is 0 Å². The van der Waals surface area contributed by atoms with E-state index in [9.17, 15) is 8.42 Å². The summed E-state index contributed by atoms with van der Waals surface area (Å²) in [6.07, 6.45) is 1.75. The molecule has 1 heterocycles. The van der Waals surface area contributed by atoms with E-state index < -0.39 is 10.0 Å². The van der Waals surface area contributed by atoms with Crippen LogP contribution in [0, 0.1) is 0 Å². The average Bonchev–Trinajstić information content (AvgIpc) is 2.89. The standard InChI is InChI=1S/C12H15BrClNO4S/c1-18-12-10(13)5-8(14)6-11(12)20(16,17)15-7-9-3-2-4-19-9/h5-6,9,15H,2-4,7H2,1H3/t9-/m1/s1. The van der Waals surface area contributed by atoms with E-state index in [4.69, 9.17) is 21.1 Å². The lowest BCUT2D eigenvalue weighted by Gasteiger charge is -2.14. The molecule has 0 spiro atoms. The molecule has 112 valence electrons. The zero-order valence-electron chi connectivity index (χ0n) is 10.9. The van der Waals surface area contributed by atoms with Gasteiger partial charge in [0, 0.05) is 18.2 Å². The van der Waals surface area contributed by atoms with Gasteiger partial charge in [0.05, 0.1) is 17.7 Å². The molecule has 2 rings (SSSR count). The maximum Gasteiger partial charge on any atom is 0.244 e. The molecule has 1 saturated heterocycles. The number of sulfonamides is 1. The Morgan fingerprint density at radius 2 is 2.30 bits per heavy atom. The molecule has 1 aromatic carbocycles. The van der Waals surface area contributed by atoms with Crippen molar-refractivity contribution in [3.63, 3.8) is 0 Å². The minimum atomic E-state index is -3.70. The Morgan fingerprint density at radius 1 is 1.55 bits per heavy atom. The van der Waals surface area contributed by atoms with Gasteiger partial charge in [0.25, 0.3) is 0 Å². The van der Waals surface area contributed by atoms with Crippen LogP contribution in [0.25, 0.3) is 0 Å². The van der Waals surface area contributed by atoms with Crippen LogP contribution in [-0.2, 0) is 14.8 Å². The van der Waals surface area contributed by atoms with Gasteiger partial charge in [-0.3, -0.25) is 0 Å². The molecule has 1 aliphatic heterocycles. The van der Waals surface area contributed by atoms with Gasteiger partial charge < -0.3 is 9.47 Å². The molecule has 1 aromatic rings. The van der Waals surface area contributed by atoms with Gasteiger partial charge in [-0.1, -0.05) is 11.6 Å². The largest absolute Gasteiger partial charge is 0.494 e. The van der Waals surface area contributed by atoms with E-state index in [1.54, 1.807) is 6.07 Å². The second-order valence-electron chi connectivity index (χ2n) is 4.41. The first kappa shape index (κ1) is 16.0. The number of nitrogens with one attached hydrogen (secondary N) is 1. The quantitative estimate of drug-likeness (QED) is 0.847. The zero-order chi connectivity index (χ0) is 14.8. The van der Waals surface area contributed by atoms with Crippen LogP contribution in [0.5, 0.6) is 5.75 Å². The highest BCUT2D eigenvalue weighted by molar-refractivity contribution is 9.10. The highest BCUT2D eigenvalue weighted by Crippen LogP contribution is 2.35. The number of hydrogen-bond donors (Lipinski definition) is 1. The molecule has 0 bridgehead atoms. The molecule has 0 aromatic heterocycles. The van der Waals surface area contributed by atoms with Gasteiger partial charge in [-0.15, -0.1) is 0 Å². The Bertz CT molecular complexity index is 587. The van der Waals surface area contributed by atoms with Gasteiger partial charge in [-0.2, -0.15) is 0 Å². The van der Waals surface area contributed by atoms with E-state index in [0.29, 0.717) is 16.1 Å². The predicted octanol–water partition coefficient (Wildman–Crippen LogP) is 2.57. The predicted molar refractivity (Wildman–Crippen MR) is 79.9 cm³/mol. The molecule has 0 saturated carbocycles. The molecule has 1 aliphatic rings. The SMILES string of the molecule is COc1c(Br)cc(Cl)cc1S(=O)(=O)NC[C@H]1CCCO1. The van der Waals surface area contributed by atoms with Gasteiger partial charge in [0.2, 0.25) is 10.0 Å². The third-order valence-corrected chi connectivity index (χ3v) is 5.23. The number of rotatable bonds is 5. The summed E-state index contributed by atoms with van der Waals surface area (Å²) in [7, 11) is -2.30. The lowest BCUT2D eigenvalue weighted by molar-refractivity contribution is 0.114. The first-order chi connectivity index (χ1) is 9.44. The zero-order valence-corrected chi connectivity index (χ0v) is 14.0. The molecule has 20 heavy (non-hydrogen) atoms. The first-order valence-corrected chi connectivity index (χ1v) is 8.74.